The van der Waals surface area contributed by atoms with Crippen LogP contribution in [0.5, 0.6) is 11.5 Å². The van der Waals surface area contributed by atoms with Crippen LogP contribution in [-0.4, -0.2) is 42.9 Å². The van der Waals surface area contributed by atoms with Gasteiger partial charge < -0.3 is 9.64 Å². The molecule has 4 aromatic rings. The van der Waals surface area contributed by atoms with Crippen LogP contribution in [-0.2, 0) is 10.0 Å². The average molecular weight is 529 g/mol. The Morgan fingerprint density at radius 1 is 1.15 bits per heavy atom. The smallest absolute Gasteiger partial charge is 0.266 e. The van der Waals surface area contributed by atoms with Crippen LogP contribution in [0.25, 0.3) is 11.1 Å². The third kappa shape index (κ3) is 4.88. The molecule has 2 aromatic heterocycles. The van der Waals surface area contributed by atoms with Crippen LogP contribution < -0.4 is 14.4 Å². The number of hydrogen-bond acceptors (Lipinski definition) is 8. The fraction of sp³-hybridized carbons (Fsp3) is 0.105. The molecule has 0 aliphatic rings. The summed E-state index contributed by atoms with van der Waals surface area (Å²) in [5.74, 6) is -0.127. The SMILES string of the molecule is CN(C)c1[nH]ncc1-c1cc(Cl)ccc1Oc1cc(F)c(S(=O)(=O)Nc2nncs2)cc1Cl. The van der Waals surface area contributed by atoms with E-state index in [0.29, 0.717) is 27.7 Å². The van der Waals surface area contributed by atoms with Crippen molar-refractivity contribution in [3.05, 3.63) is 57.9 Å². The van der Waals surface area contributed by atoms with E-state index in [1.54, 1.807) is 24.4 Å². The third-order valence-electron chi connectivity index (χ3n) is 4.38. The van der Waals surface area contributed by atoms with Gasteiger partial charge in [-0.15, -0.1) is 10.2 Å². The fourth-order valence-electron chi connectivity index (χ4n) is 2.92. The molecule has 0 saturated heterocycles. The van der Waals surface area contributed by atoms with Crippen LogP contribution in [0.1, 0.15) is 0 Å². The summed E-state index contributed by atoms with van der Waals surface area (Å²) in [6.45, 7) is 0. The van der Waals surface area contributed by atoms with Crippen LogP contribution in [0.3, 0.4) is 0 Å². The maximum Gasteiger partial charge on any atom is 0.266 e. The van der Waals surface area contributed by atoms with E-state index in [2.05, 4.69) is 25.1 Å². The van der Waals surface area contributed by atoms with Crippen LogP contribution in [0.15, 0.2) is 46.9 Å². The minimum Gasteiger partial charge on any atom is -0.455 e. The maximum absolute atomic E-state index is 14.8. The molecule has 9 nitrogen and oxygen atoms in total. The quantitative estimate of drug-likeness (QED) is 0.345. The van der Waals surface area contributed by atoms with Gasteiger partial charge in [-0.1, -0.05) is 34.5 Å². The van der Waals surface area contributed by atoms with E-state index in [1.807, 2.05) is 19.0 Å². The monoisotopic (exact) mass is 528 g/mol. The number of benzene rings is 2. The van der Waals surface area contributed by atoms with Crippen LogP contribution in [0.2, 0.25) is 10.0 Å². The van der Waals surface area contributed by atoms with Crippen molar-refractivity contribution in [2.75, 3.05) is 23.7 Å². The lowest BCUT2D eigenvalue weighted by Crippen LogP contribution is -2.14. The highest BCUT2D eigenvalue weighted by Gasteiger charge is 2.24. The summed E-state index contributed by atoms with van der Waals surface area (Å²) in [5.41, 5.74) is 2.60. The molecule has 2 heterocycles. The Bertz CT molecular complexity index is 1410. The highest BCUT2D eigenvalue weighted by atomic mass is 35.5. The van der Waals surface area contributed by atoms with Gasteiger partial charge in [0.15, 0.2) is 0 Å². The van der Waals surface area contributed by atoms with Crippen molar-refractivity contribution in [2.24, 2.45) is 0 Å². The predicted molar refractivity (Wildman–Crippen MR) is 126 cm³/mol. The molecule has 0 fully saturated rings. The van der Waals surface area contributed by atoms with Gasteiger partial charge in [0.25, 0.3) is 10.0 Å². The highest BCUT2D eigenvalue weighted by Crippen LogP contribution is 2.41. The standard InChI is InChI=1S/C19H15Cl2FN6O3S2/c1-28(2)18-12(8-23-25-18)11-5-10(20)3-4-15(11)31-16-7-14(22)17(6-13(16)21)33(29,30)27-19-26-24-9-32-19/h3-9H,1-2H3,(H,23,25)(H,26,27). The number of rotatable bonds is 7. The van der Waals surface area contributed by atoms with E-state index in [0.717, 1.165) is 23.5 Å². The van der Waals surface area contributed by atoms with Gasteiger partial charge in [-0.3, -0.25) is 9.82 Å². The molecule has 0 aliphatic carbocycles. The summed E-state index contributed by atoms with van der Waals surface area (Å²) in [6, 6.07) is 6.74. The van der Waals surface area contributed by atoms with E-state index in [9.17, 15) is 12.8 Å². The highest BCUT2D eigenvalue weighted by molar-refractivity contribution is 7.93. The maximum atomic E-state index is 14.8. The zero-order valence-electron chi connectivity index (χ0n) is 17.0. The third-order valence-corrected chi connectivity index (χ3v) is 7.00. The molecule has 2 N–H and O–H groups in total. The Morgan fingerprint density at radius 3 is 2.64 bits per heavy atom. The van der Waals surface area contributed by atoms with Gasteiger partial charge in [0.2, 0.25) is 5.13 Å². The van der Waals surface area contributed by atoms with E-state index in [-0.39, 0.29) is 15.9 Å². The summed E-state index contributed by atoms with van der Waals surface area (Å²) in [7, 11) is -0.610. The summed E-state index contributed by atoms with van der Waals surface area (Å²) < 4.78 is 48.0. The second-order valence-electron chi connectivity index (χ2n) is 6.83. The predicted octanol–water partition coefficient (Wildman–Crippen LogP) is 5.03. The summed E-state index contributed by atoms with van der Waals surface area (Å²) >= 11 is 13.4. The second-order valence-corrected chi connectivity index (χ2v) is 10.2. The van der Waals surface area contributed by atoms with Crippen molar-refractivity contribution >= 4 is 55.5 Å². The summed E-state index contributed by atoms with van der Waals surface area (Å²) in [5, 5.41) is 14.4. The first-order chi connectivity index (χ1) is 15.7. The lowest BCUT2D eigenvalue weighted by Gasteiger charge is -2.16. The van der Waals surface area contributed by atoms with Gasteiger partial charge in [-0.2, -0.15) is 5.10 Å². The van der Waals surface area contributed by atoms with Gasteiger partial charge in [-0.05, 0) is 24.3 Å². The number of aromatic amines is 1. The van der Waals surface area contributed by atoms with Crippen molar-refractivity contribution in [1.29, 1.82) is 0 Å². The molecule has 0 radical (unpaired) electrons. The molecular weight excluding hydrogens is 514 g/mol. The number of sulfonamides is 1. The largest absolute Gasteiger partial charge is 0.455 e. The average Bonchev–Trinajstić information content (AvgIpc) is 3.43. The van der Waals surface area contributed by atoms with Gasteiger partial charge >= 0.3 is 0 Å². The van der Waals surface area contributed by atoms with E-state index >= 15 is 0 Å². The molecule has 0 amide bonds. The first-order valence-electron chi connectivity index (χ1n) is 9.12. The second kappa shape index (κ2) is 9.14. The molecule has 14 heteroatoms. The van der Waals surface area contributed by atoms with Crippen LogP contribution >= 0.6 is 34.5 Å². The number of nitrogens with zero attached hydrogens (tertiary/aromatic N) is 4. The van der Waals surface area contributed by atoms with Crippen molar-refractivity contribution in [2.45, 2.75) is 4.90 Å². The topological polar surface area (TPSA) is 113 Å². The number of halogens is 3. The van der Waals surface area contributed by atoms with Crippen molar-refractivity contribution < 1.29 is 17.5 Å². The Morgan fingerprint density at radius 2 is 1.94 bits per heavy atom. The number of H-pyrrole nitrogens is 1. The Balaban J connectivity index is 1.71. The Kier molecular flexibility index (Phi) is 6.43. The first kappa shape index (κ1) is 23.2. The lowest BCUT2D eigenvalue weighted by atomic mass is 10.1. The number of hydrogen-bond donors (Lipinski definition) is 2. The zero-order chi connectivity index (χ0) is 23.8. The van der Waals surface area contributed by atoms with E-state index in [4.69, 9.17) is 27.9 Å². The minimum atomic E-state index is -4.28. The van der Waals surface area contributed by atoms with E-state index in [1.165, 1.54) is 5.51 Å². The molecule has 4 rings (SSSR count). The molecule has 0 aliphatic heterocycles. The zero-order valence-corrected chi connectivity index (χ0v) is 20.2. The van der Waals surface area contributed by atoms with Crippen LogP contribution in [0, 0.1) is 5.82 Å². The number of ether oxygens (including phenoxy) is 1. The van der Waals surface area contributed by atoms with Crippen molar-refractivity contribution in [3.63, 3.8) is 0 Å². The molecule has 0 bridgehead atoms. The van der Waals surface area contributed by atoms with Gasteiger partial charge in [0.1, 0.15) is 33.5 Å². The molecular formula is C19H15Cl2FN6O3S2. The van der Waals surface area contributed by atoms with Crippen molar-refractivity contribution in [1.82, 2.24) is 20.4 Å². The number of nitrogens with one attached hydrogen (secondary N) is 2. The summed E-state index contributed by atoms with van der Waals surface area (Å²) in [6.07, 6.45) is 1.60. The van der Waals surface area contributed by atoms with Gasteiger partial charge in [0, 0.05) is 36.3 Å². The fourth-order valence-corrected chi connectivity index (χ4v) is 5.14. The Hall–Kier alpha value is -2.93. The molecule has 0 atom stereocenters. The van der Waals surface area contributed by atoms with Gasteiger partial charge in [0.05, 0.1) is 11.2 Å². The summed E-state index contributed by atoms with van der Waals surface area (Å²) in [4.78, 5) is 1.17. The molecule has 2 aromatic carbocycles. The molecule has 172 valence electrons. The van der Waals surface area contributed by atoms with Crippen molar-refractivity contribution in [3.8, 4) is 22.6 Å². The first-order valence-corrected chi connectivity index (χ1v) is 12.2. The van der Waals surface area contributed by atoms with Gasteiger partial charge in [-0.25, -0.2) is 12.8 Å². The molecule has 0 saturated carbocycles. The Labute approximate surface area is 202 Å². The van der Waals surface area contributed by atoms with E-state index < -0.39 is 20.7 Å². The number of aromatic nitrogens is 4. The minimum absolute atomic E-state index is 0.00605. The van der Waals surface area contributed by atoms with Crippen LogP contribution in [0.4, 0.5) is 15.3 Å². The normalized spacial score (nSPS) is 11.4. The molecule has 0 unspecified atom stereocenters. The number of anilines is 2. The molecule has 33 heavy (non-hydrogen) atoms. The molecule has 0 spiro atoms. The lowest BCUT2D eigenvalue weighted by molar-refractivity contribution is 0.475.